The molecule has 0 radical (unpaired) electrons. The molecule has 0 N–H and O–H groups in total. The van der Waals surface area contributed by atoms with Crippen molar-refractivity contribution in [3.05, 3.63) is 102 Å². The fraction of sp³-hybridized carbons (Fsp3) is 0.208. The van der Waals surface area contributed by atoms with Crippen LogP contribution in [0.4, 0.5) is 0 Å². The van der Waals surface area contributed by atoms with Gasteiger partial charge in [0.05, 0.1) is 7.11 Å². The van der Waals surface area contributed by atoms with Gasteiger partial charge in [-0.2, -0.15) is 0 Å². The quantitative estimate of drug-likeness (QED) is 0.560. The third-order valence-electron chi connectivity index (χ3n) is 4.69. The summed E-state index contributed by atoms with van der Waals surface area (Å²) in [6.45, 7) is 0. The fourth-order valence-corrected chi connectivity index (χ4v) is 3.19. The third kappa shape index (κ3) is 4.82. The highest BCUT2D eigenvalue weighted by atomic mass is 16.5. The molecule has 1 atom stereocenters. The van der Waals surface area contributed by atoms with Crippen LogP contribution in [0.5, 0.6) is 5.75 Å². The van der Waals surface area contributed by atoms with E-state index in [1.807, 2.05) is 60.7 Å². The lowest BCUT2D eigenvalue weighted by Gasteiger charge is -2.17. The molecule has 132 valence electrons. The molecule has 0 saturated heterocycles. The first-order valence-corrected chi connectivity index (χ1v) is 9.01. The molecule has 0 aliphatic heterocycles. The normalized spacial score (nSPS) is 11.7. The van der Waals surface area contributed by atoms with E-state index in [0.717, 1.165) is 29.7 Å². The number of carbonyl (C=O) groups is 1. The number of rotatable bonds is 8. The van der Waals surface area contributed by atoms with Crippen molar-refractivity contribution in [2.75, 3.05) is 7.11 Å². The van der Waals surface area contributed by atoms with Crippen LogP contribution in [0.3, 0.4) is 0 Å². The van der Waals surface area contributed by atoms with E-state index in [-0.39, 0.29) is 11.7 Å². The van der Waals surface area contributed by atoms with Crippen LogP contribution in [0.15, 0.2) is 84.9 Å². The Hall–Kier alpha value is -2.87. The molecule has 3 aromatic carbocycles. The molecular weight excluding hydrogens is 320 g/mol. The molecule has 0 saturated carbocycles. The summed E-state index contributed by atoms with van der Waals surface area (Å²) >= 11 is 0. The maximum atomic E-state index is 13.0. The van der Waals surface area contributed by atoms with Crippen molar-refractivity contribution in [1.82, 2.24) is 0 Å². The minimum atomic E-state index is -0.100. The Balaban J connectivity index is 1.71. The van der Waals surface area contributed by atoms with E-state index in [0.29, 0.717) is 6.42 Å². The van der Waals surface area contributed by atoms with Crippen LogP contribution >= 0.6 is 0 Å². The van der Waals surface area contributed by atoms with Gasteiger partial charge in [0.2, 0.25) is 0 Å². The number of methoxy groups -OCH3 is 1. The van der Waals surface area contributed by atoms with Gasteiger partial charge in [-0.1, -0.05) is 72.8 Å². The number of ketones is 1. The monoisotopic (exact) mass is 344 g/mol. The summed E-state index contributed by atoms with van der Waals surface area (Å²) < 4.78 is 5.19. The summed E-state index contributed by atoms with van der Waals surface area (Å²) in [5.41, 5.74) is 3.45. The lowest BCUT2D eigenvalue weighted by atomic mass is 9.86. The molecule has 0 aliphatic rings. The number of Topliss-reactive ketones (excluding diaryl/α,β-unsaturated/α-hetero) is 1. The van der Waals surface area contributed by atoms with Gasteiger partial charge in [-0.05, 0) is 41.7 Å². The third-order valence-corrected chi connectivity index (χ3v) is 4.69. The van der Waals surface area contributed by atoms with Crippen molar-refractivity contribution in [2.24, 2.45) is 0 Å². The van der Waals surface area contributed by atoms with Crippen molar-refractivity contribution >= 4 is 5.78 Å². The maximum Gasteiger partial charge on any atom is 0.141 e. The molecule has 0 aromatic heterocycles. The van der Waals surface area contributed by atoms with Gasteiger partial charge in [-0.3, -0.25) is 4.79 Å². The largest absolute Gasteiger partial charge is 0.497 e. The highest BCUT2D eigenvalue weighted by Crippen LogP contribution is 2.24. The Kier molecular flexibility index (Phi) is 6.21. The van der Waals surface area contributed by atoms with Crippen molar-refractivity contribution in [2.45, 2.75) is 25.2 Å². The van der Waals surface area contributed by atoms with Crippen LogP contribution in [0.2, 0.25) is 0 Å². The van der Waals surface area contributed by atoms with Crippen molar-refractivity contribution in [1.29, 1.82) is 0 Å². The Morgan fingerprint density at radius 2 is 1.42 bits per heavy atom. The molecule has 0 spiro atoms. The molecule has 0 bridgehead atoms. The number of aryl methyl sites for hydroxylation is 1. The van der Waals surface area contributed by atoms with Crippen LogP contribution in [0.25, 0.3) is 0 Å². The maximum absolute atomic E-state index is 13.0. The van der Waals surface area contributed by atoms with E-state index in [4.69, 9.17) is 4.74 Å². The van der Waals surface area contributed by atoms with Gasteiger partial charge in [-0.25, -0.2) is 0 Å². The zero-order chi connectivity index (χ0) is 18.2. The summed E-state index contributed by atoms with van der Waals surface area (Å²) in [7, 11) is 1.66. The SMILES string of the molecule is COc1ccc(CCC(=O)[C@@H](Cc2ccccc2)c2ccccc2)cc1. The first-order chi connectivity index (χ1) is 12.8. The molecule has 3 aromatic rings. The number of carbonyl (C=O) groups excluding carboxylic acids is 1. The van der Waals surface area contributed by atoms with Crippen LogP contribution in [-0.2, 0) is 17.6 Å². The standard InChI is InChI=1S/C24H24O2/c1-26-22-15-12-19(13-16-22)14-17-24(25)23(21-10-6-3-7-11-21)18-20-8-4-2-5-9-20/h2-13,15-16,23H,14,17-18H2,1H3/t23-/m0/s1. The lowest BCUT2D eigenvalue weighted by Crippen LogP contribution is -2.16. The minimum absolute atomic E-state index is 0.100. The predicted molar refractivity (Wildman–Crippen MR) is 106 cm³/mol. The summed E-state index contributed by atoms with van der Waals surface area (Å²) in [5.74, 6) is 1.03. The molecule has 2 heteroatoms. The smallest absolute Gasteiger partial charge is 0.141 e. The Morgan fingerprint density at radius 1 is 0.808 bits per heavy atom. The Bertz CT molecular complexity index is 808. The first-order valence-electron chi connectivity index (χ1n) is 9.01. The molecule has 2 nitrogen and oxygen atoms in total. The zero-order valence-corrected chi connectivity index (χ0v) is 15.1. The van der Waals surface area contributed by atoms with E-state index in [2.05, 4.69) is 24.3 Å². The zero-order valence-electron chi connectivity index (χ0n) is 15.1. The minimum Gasteiger partial charge on any atom is -0.497 e. The number of benzene rings is 3. The molecule has 0 unspecified atom stereocenters. The van der Waals surface area contributed by atoms with Crippen molar-refractivity contribution < 1.29 is 9.53 Å². The van der Waals surface area contributed by atoms with Gasteiger partial charge < -0.3 is 4.74 Å². The van der Waals surface area contributed by atoms with Gasteiger partial charge in [-0.15, -0.1) is 0 Å². The topological polar surface area (TPSA) is 26.3 Å². The van der Waals surface area contributed by atoms with E-state index in [1.54, 1.807) is 7.11 Å². The van der Waals surface area contributed by atoms with Gasteiger partial charge in [0.25, 0.3) is 0 Å². The lowest BCUT2D eigenvalue weighted by molar-refractivity contribution is -0.120. The molecule has 0 heterocycles. The second-order valence-corrected chi connectivity index (χ2v) is 6.47. The van der Waals surface area contributed by atoms with E-state index >= 15 is 0 Å². The number of hydrogen-bond donors (Lipinski definition) is 0. The van der Waals surface area contributed by atoms with Gasteiger partial charge in [0, 0.05) is 12.3 Å². The fourth-order valence-electron chi connectivity index (χ4n) is 3.19. The van der Waals surface area contributed by atoms with Gasteiger partial charge in [0.1, 0.15) is 11.5 Å². The van der Waals surface area contributed by atoms with Crippen LogP contribution in [0.1, 0.15) is 29.0 Å². The summed E-state index contributed by atoms with van der Waals surface area (Å²) in [6, 6.07) is 28.3. The Morgan fingerprint density at radius 3 is 2.04 bits per heavy atom. The molecule has 0 amide bonds. The van der Waals surface area contributed by atoms with Crippen LogP contribution in [0, 0.1) is 0 Å². The highest BCUT2D eigenvalue weighted by Gasteiger charge is 2.20. The Labute approximate surface area is 155 Å². The van der Waals surface area contributed by atoms with E-state index < -0.39 is 0 Å². The van der Waals surface area contributed by atoms with Gasteiger partial charge in [0.15, 0.2) is 0 Å². The van der Waals surface area contributed by atoms with Crippen molar-refractivity contribution in [3.63, 3.8) is 0 Å². The van der Waals surface area contributed by atoms with Crippen LogP contribution < -0.4 is 4.74 Å². The molecule has 0 aliphatic carbocycles. The molecular formula is C24H24O2. The summed E-state index contributed by atoms with van der Waals surface area (Å²) in [5, 5.41) is 0. The molecule has 0 fully saturated rings. The second-order valence-electron chi connectivity index (χ2n) is 6.47. The number of ether oxygens (including phenoxy) is 1. The van der Waals surface area contributed by atoms with Crippen LogP contribution in [-0.4, -0.2) is 12.9 Å². The van der Waals surface area contributed by atoms with E-state index in [9.17, 15) is 4.79 Å². The molecule has 3 rings (SSSR count). The first kappa shape index (κ1) is 17.9. The van der Waals surface area contributed by atoms with Gasteiger partial charge >= 0.3 is 0 Å². The molecule has 26 heavy (non-hydrogen) atoms. The second kappa shape index (κ2) is 9.00. The average Bonchev–Trinajstić information content (AvgIpc) is 2.72. The highest BCUT2D eigenvalue weighted by molar-refractivity contribution is 5.86. The van der Waals surface area contributed by atoms with E-state index in [1.165, 1.54) is 5.56 Å². The summed E-state index contributed by atoms with van der Waals surface area (Å²) in [6.07, 6.45) is 2.03. The number of hydrogen-bond acceptors (Lipinski definition) is 2. The predicted octanol–water partition coefficient (Wildman–Crippen LogP) is 5.22. The van der Waals surface area contributed by atoms with Crippen molar-refractivity contribution in [3.8, 4) is 5.75 Å². The summed E-state index contributed by atoms with van der Waals surface area (Å²) in [4.78, 5) is 13.0. The average molecular weight is 344 g/mol.